The Hall–Kier alpha value is -1.73. The van der Waals surface area contributed by atoms with Crippen LogP contribution in [-0.4, -0.2) is 57.8 Å². The van der Waals surface area contributed by atoms with Crippen molar-refractivity contribution >= 4 is 11.3 Å². The van der Waals surface area contributed by atoms with E-state index in [-0.39, 0.29) is 12.0 Å². The van der Waals surface area contributed by atoms with Crippen molar-refractivity contribution in [2.45, 2.75) is 26.2 Å². The van der Waals surface area contributed by atoms with Crippen LogP contribution in [0, 0.1) is 11.3 Å². The molecule has 7 heteroatoms. The molecule has 0 radical (unpaired) electrons. The van der Waals surface area contributed by atoms with E-state index in [1.54, 1.807) is 10.8 Å². The average Bonchev–Trinajstić information content (AvgIpc) is 3.18. The zero-order valence-electron chi connectivity index (χ0n) is 13.6. The third kappa shape index (κ3) is 2.30. The van der Waals surface area contributed by atoms with Gasteiger partial charge in [0.05, 0.1) is 24.6 Å². The Balaban J connectivity index is 1.76. The standard InChI is InChI=1S/C16H23N5O2/c1-11(2)13-5-14(15-18-17-10-21(15)19-13)20-6-12-3-4-23-9-16(12,7-20)8-22/h5,10-12,22H,3-4,6-9H2,1-2H3/t12-,16+/m0/s1. The summed E-state index contributed by atoms with van der Waals surface area (Å²) in [7, 11) is 0. The van der Waals surface area contributed by atoms with Crippen LogP contribution in [0.2, 0.25) is 0 Å². The van der Waals surface area contributed by atoms with Crippen LogP contribution in [0.15, 0.2) is 12.4 Å². The smallest absolute Gasteiger partial charge is 0.200 e. The molecule has 2 fully saturated rings. The van der Waals surface area contributed by atoms with Gasteiger partial charge in [-0.1, -0.05) is 13.8 Å². The molecule has 7 nitrogen and oxygen atoms in total. The van der Waals surface area contributed by atoms with Gasteiger partial charge in [-0.05, 0) is 24.3 Å². The van der Waals surface area contributed by atoms with Gasteiger partial charge in [-0.15, -0.1) is 10.2 Å². The third-order valence-corrected chi connectivity index (χ3v) is 5.33. The number of nitrogens with zero attached hydrogens (tertiary/aromatic N) is 5. The fourth-order valence-corrected chi connectivity index (χ4v) is 3.85. The van der Waals surface area contributed by atoms with Crippen LogP contribution in [0.3, 0.4) is 0 Å². The molecule has 124 valence electrons. The summed E-state index contributed by atoms with van der Waals surface area (Å²) in [5.41, 5.74) is 2.71. The van der Waals surface area contributed by atoms with Gasteiger partial charge in [-0.25, -0.2) is 0 Å². The first kappa shape index (κ1) is 14.8. The maximum absolute atomic E-state index is 9.98. The molecule has 0 amide bonds. The lowest BCUT2D eigenvalue weighted by Crippen LogP contribution is -2.43. The molecule has 23 heavy (non-hydrogen) atoms. The number of fused-ring (bicyclic) bond motifs is 2. The highest BCUT2D eigenvalue weighted by Gasteiger charge is 2.48. The molecule has 4 rings (SSSR count). The molecule has 0 aliphatic carbocycles. The fraction of sp³-hybridized carbons (Fsp3) is 0.688. The summed E-state index contributed by atoms with van der Waals surface area (Å²) in [5, 5.41) is 22.8. The van der Waals surface area contributed by atoms with Gasteiger partial charge in [0.25, 0.3) is 0 Å². The van der Waals surface area contributed by atoms with E-state index in [1.165, 1.54) is 0 Å². The Morgan fingerprint density at radius 2 is 2.35 bits per heavy atom. The number of rotatable bonds is 3. The lowest BCUT2D eigenvalue weighted by molar-refractivity contribution is -0.0543. The minimum Gasteiger partial charge on any atom is -0.396 e. The minimum absolute atomic E-state index is 0.156. The zero-order valence-corrected chi connectivity index (χ0v) is 13.6. The summed E-state index contributed by atoms with van der Waals surface area (Å²) in [6.45, 7) is 7.57. The first-order valence-corrected chi connectivity index (χ1v) is 8.27. The summed E-state index contributed by atoms with van der Waals surface area (Å²) in [4.78, 5) is 2.33. The van der Waals surface area contributed by atoms with E-state index >= 15 is 0 Å². The Kier molecular flexibility index (Phi) is 3.50. The quantitative estimate of drug-likeness (QED) is 0.913. The Labute approximate surface area is 135 Å². The van der Waals surface area contributed by atoms with Crippen LogP contribution in [0.5, 0.6) is 0 Å². The van der Waals surface area contributed by atoms with Crippen molar-refractivity contribution in [1.82, 2.24) is 19.8 Å². The van der Waals surface area contributed by atoms with E-state index in [4.69, 9.17) is 4.74 Å². The van der Waals surface area contributed by atoms with Crippen molar-refractivity contribution in [1.29, 1.82) is 0 Å². The predicted molar refractivity (Wildman–Crippen MR) is 85.5 cm³/mol. The van der Waals surface area contributed by atoms with Gasteiger partial charge in [-0.3, -0.25) is 0 Å². The van der Waals surface area contributed by atoms with Crippen LogP contribution in [0.25, 0.3) is 5.65 Å². The number of hydrogen-bond donors (Lipinski definition) is 1. The maximum atomic E-state index is 9.98. The molecule has 0 spiro atoms. The van der Waals surface area contributed by atoms with Crippen molar-refractivity contribution in [3.8, 4) is 0 Å². The first-order valence-electron chi connectivity index (χ1n) is 8.27. The average molecular weight is 317 g/mol. The molecule has 0 aromatic carbocycles. The number of aliphatic hydroxyl groups excluding tert-OH is 1. The molecule has 2 aliphatic rings. The number of hydrogen-bond acceptors (Lipinski definition) is 6. The van der Waals surface area contributed by atoms with Gasteiger partial charge >= 0.3 is 0 Å². The number of aromatic nitrogens is 4. The molecule has 4 heterocycles. The van der Waals surface area contributed by atoms with E-state index in [0.717, 1.165) is 43.1 Å². The van der Waals surface area contributed by atoms with Gasteiger partial charge in [0, 0.05) is 25.1 Å². The first-order chi connectivity index (χ1) is 11.1. The second kappa shape index (κ2) is 5.42. The Bertz CT molecular complexity index is 716. The van der Waals surface area contributed by atoms with Gasteiger partial charge < -0.3 is 14.7 Å². The lowest BCUT2D eigenvalue weighted by atomic mass is 9.76. The summed E-state index contributed by atoms with van der Waals surface area (Å²) >= 11 is 0. The Morgan fingerprint density at radius 3 is 3.09 bits per heavy atom. The molecule has 2 aromatic heterocycles. The van der Waals surface area contributed by atoms with Crippen molar-refractivity contribution in [3.05, 3.63) is 18.1 Å². The van der Waals surface area contributed by atoms with Crippen molar-refractivity contribution in [2.75, 3.05) is 37.8 Å². The minimum atomic E-state index is -0.156. The van der Waals surface area contributed by atoms with Crippen LogP contribution in [-0.2, 0) is 4.74 Å². The van der Waals surface area contributed by atoms with Crippen molar-refractivity contribution in [2.24, 2.45) is 11.3 Å². The van der Waals surface area contributed by atoms with Gasteiger partial charge in [0.2, 0.25) is 5.65 Å². The zero-order chi connectivity index (χ0) is 16.0. The van der Waals surface area contributed by atoms with Crippen LogP contribution < -0.4 is 4.90 Å². The number of ether oxygens (including phenoxy) is 1. The highest BCUT2D eigenvalue weighted by molar-refractivity contribution is 5.69. The molecule has 2 saturated heterocycles. The predicted octanol–water partition coefficient (Wildman–Crippen LogP) is 1.08. The topological polar surface area (TPSA) is 75.8 Å². The highest BCUT2D eigenvalue weighted by atomic mass is 16.5. The van der Waals surface area contributed by atoms with Crippen molar-refractivity contribution in [3.63, 3.8) is 0 Å². The summed E-state index contributed by atoms with van der Waals surface area (Å²) in [5.74, 6) is 0.792. The number of aliphatic hydroxyl groups is 1. The molecule has 0 unspecified atom stereocenters. The van der Waals surface area contributed by atoms with E-state index in [9.17, 15) is 5.11 Å². The molecule has 1 N–H and O–H groups in total. The third-order valence-electron chi connectivity index (χ3n) is 5.33. The molecule has 2 aliphatic heterocycles. The second-order valence-corrected chi connectivity index (χ2v) is 7.15. The van der Waals surface area contributed by atoms with Crippen LogP contribution in [0.4, 0.5) is 5.69 Å². The van der Waals surface area contributed by atoms with Gasteiger partial charge in [0.15, 0.2) is 0 Å². The largest absolute Gasteiger partial charge is 0.396 e. The maximum Gasteiger partial charge on any atom is 0.200 e. The molecule has 0 bridgehead atoms. The van der Waals surface area contributed by atoms with Gasteiger partial charge in [-0.2, -0.15) is 9.61 Å². The SMILES string of the molecule is CC(C)c1cc(N2C[C@@H]3CCOC[C@]3(CO)C2)c2nncn2n1. The summed E-state index contributed by atoms with van der Waals surface area (Å²) in [6, 6.07) is 2.12. The van der Waals surface area contributed by atoms with E-state index in [2.05, 4.69) is 40.1 Å². The second-order valence-electron chi connectivity index (χ2n) is 7.15. The van der Waals surface area contributed by atoms with E-state index < -0.39 is 0 Å². The van der Waals surface area contributed by atoms with Crippen LogP contribution in [0.1, 0.15) is 31.9 Å². The van der Waals surface area contributed by atoms with Crippen molar-refractivity contribution < 1.29 is 9.84 Å². The van der Waals surface area contributed by atoms with E-state index in [0.29, 0.717) is 18.4 Å². The van der Waals surface area contributed by atoms with E-state index in [1.807, 2.05) is 0 Å². The fourth-order valence-electron chi connectivity index (χ4n) is 3.85. The Morgan fingerprint density at radius 1 is 1.48 bits per heavy atom. The van der Waals surface area contributed by atoms with Crippen LogP contribution >= 0.6 is 0 Å². The summed E-state index contributed by atoms with van der Waals surface area (Å²) in [6.07, 6.45) is 2.65. The molecular weight excluding hydrogens is 294 g/mol. The molecular formula is C16H23N5O2. The normalized spacial score (nSPS) is 27.8. The lowest BCUT2D eigenvalue weighted by Gasteiger charge is -2.36. The monoisotopic (exact) mass is 317 g/mol. The highest BCUT2D eigenvalue weighted by Crippen LogP contribution is 2.43. The molecule has 2 aromatic rings. The number of anilines is 1. The molecule has 2 atom stereocenters. The van der Waals surface area contributed by atoms with Gasteiger partial charge in [0.1, 0.15) is 6.33 Å². The molecule has 0 saturated carbocycles. The summed E-state index contributed by atoms with van der Waals surface area (Å²) < 4.78 is 7.42.